The third-order valence-corrected chi connectivity index (χ3v) is 3.43. The van der Waals surface area contributed by atoms with E-state index in [0.717, 1.165) is 10.5 Å². The summed E-state index contributed by atoms with van der Waals surface area (Å²) in [5, 5.41) is 2.60. The largest absolute Gasteiger partial charge is 0.467 e. The van der Waals surface area contributed by atoms with Crippen LogP contribution in [-0.2, 0) is 25.7 Å². The van der Waals surface area contributed by atoms with Crippen molar-refractivity contribution in [2.24, 2.45) is 5.92 Å². The van der Waals surface area contributed by atoms with Gasteiger partial charge in [0, 0.05) is 7.05 Å². The van der Waals surface area contributed by atoms with Gasteiger partial charge in [-0.3, -0.25) is 4.79 Å². The normalized spacial score (nSPS) is 11.6. The number of rotatable bonds is 8. The number of amides is 2. The minimum Gasteiger partial charge on any atom is -0.467 e. The van der Waals surface area contributed by atoms with Crippen molar-refractivity contribution in [3.8, 4) is 0 Å². The van der Waals surface area contributed by atoms with Crippen LogP contribution in [0.1, 0.15) is 25.8 Å². The van der Waals surface area contributed by atoms with Crippen molar-refractivity contribution in [2.45, 2.75) is 32.9 Å². The smallest absolute Gasteiger partial charge is 0.410 e. The van der Waals surface area contributed by atoms with Gasteiger partial charge in [-0.05, 0) is 17.9 Å². The molecule has 0 aliphatic rings. The maximum atomic E-state index is 12.1. The molecule has 1 aromatic rings. The Bertz CT molecular complexity index is 574. The third-order valence-electron chi connectivity index (χ3n) is 3.43. The van der Waals surface area contributed by atoms with Crippen LogP contribution in [0.5, 0.6) is 0 Å². The molecule has 0 radical (unpaired) electrons. The Kier molecular flexibility index (Phi) is 8.46. The second-order valence-corrected chi connectivity index (χ2v) is 6.17. The van der Waals surface area contributed by atoms with Gasteiger partial charge >= 0.3 is 12.1 Å². The lowest BCUT2D eigenvalue weighted by Gasteiger charge is -2.21. The van der Waals surface area contributed by atoms with E-state index < -0.39 is 24.0 Å². The van der Waals surface area contributed by atoms with Crippen LogP contribution in [0, 0.1) is 5.92 Å². The number of benzene rings is 1. The second-order valence-electron chi connectivity index (χ2n) is 6.17. The van der Waals surface area contributed by atoms with E-state index >= 15 is 0 Å². The fourth-order valence-electron chi connectivity index (χ4n) is 2.18. The predicted octanol–water partition coefficient (Wildman–Crippen LogP) is 1.96. The highest BCUT2D eigenvalue weighted by Crippen LogP contribution is 2.07. The Balaban J connectivity index is 2.47. The topological polar surface area (TPSA) is 84.9 Å². The Morgan fingerprint density at radius 3 is 2.36 bits per heavy atom. The summed E-state index contributed by atoms with van der Waals surface area (Å²) in [6, 6.07) is 8.52. The van der Waals surface area contributed by atoms with Gasteiger partial charge in [0.2, 0.25) is 5.91 Å². The molecule has 0 fully saturated rings. The van der Waals surface area contributed by atoms with Crippen molar-refractivity contribution in [1.82, 2.24) is 10.2 Å². The summed E-state index contributed by atoms with van der Waals surface area (Å²) in [6.07, 6.45) is -0.155. The molecule has 0 aliphatic heterocycles. The summed E-state index contributed by atoms with van der Waals surface area (Å²) in [4.78, 5) is 36.9. The average Bonchev–Trinajstić information content (AvgIpc) is 2.58. The molecule has 1 aromatic carbocycles. The molecule has 2 amide bonds. The highest BCUT2D eigenvalue weighted by atomic mass is 16.6. The molecular formula is C18H26N2O5. The second kappa shape index (κ2) is 10.3. The van der Waals surface area contributed by atoms with E-state index in [1.165, 1.54) is 14.2 Å². The maximum Gasteiger partial charge on any atom is 0.410 e. The van der Waals surface area contributed by atoms with Crippen LogP contribution >= 0.6 is 0 Å². The molecule has 0 aliphatic carbocycles. The molecule has 138 valence electrons. The summed E-state index contributed by atoms with van der Waals surface area (Å²) >= 11 is 0. The highest BCUT2D eigenvalue weighted by Gasteiger charge is 2.24. The molecular weight excluding hydrogens is 324 g/mol. The van der Waals surface area contributed by atoms with Crippen LogP contribution in [0.2, 0.25) is 0 Å². The Hall–Kier alpha value is -2.57. The van der Waals surface area contributed by atoms with Crippen molar-refractivity contribution in [3.63, 3.8) is 0 Å². The lowest BCUT2D eigenvalue weighted by molar-refractivity contribution is -0.145. The van der Waals surface area contributed by atoms with Crippen molar-refractivity contribution >= 4 is 18.0 Å². The van der Waals surface area contributed by atoms with E-state index in [9.17, 15) is 14.4 Å². The van der Waals surface area contributed by atoms with E-state index in [1.807, 2.05) is 44.2 Å². The van der Waals surface area contributed by atoms with E-state index in [1.54, 1.807) is 0 Å². The molecule has 0 heterocycles. The van der Waals surface area contributed by atoms with E-state index in [0.29, 0.717) is 6.42 Å². The van der Waals surface area contributed by atoms with Crippen LogP contribution in [0.25, 0.3) is 0 Å². The molecule has 0 bridgehead atoms. The fourth-order valence-corrected chi connectivity index (χ4v) is 2.18. The monoisotopic (exact) mass is 350 g/mol. The first kappa shape index (κ1) is 20.5. The van der Waals surface area contributed by atoms with E-state index in [-0.39, 0.29) is 19.1 Å². The molecule has 1 rings (SSSR count). The van der Waals surface area contributed by atoms with Gasteiger partial charge in [0.1, 0.15) is 19.2 Å². The standard InChI is InChI=1S/C18H26N2O5/c1-13(2)10-15(17(22)24-4)19-16(21)11-20(3)18(23)25-12-14-8-6-5-7-9-14/h5-9,13,15H,10-12H2,1-4H3,(H,19,21). The van der Waals surface area contributed by atoms with E-state index in [2.05, 4.69) is 5.32 Å². The van der Waals surface area contributed by atoms with Crippen LogP contribution in [0.4, 0.5) is 4.79 Å². The zero-order valence-corrected chi connectivity index (χ0v) is 15.2. The van der Waals surface area contributed by atoms with Crippen molar-refractivity contribution in [1.29, 1.82) is 0 Å². The van der Waals surface area contributed by atoms with Gasteiger partial charge in [-0.15, -0.1) is 0 Å². The number of methoxy groups -OCH3 is 1. The maximum absolute atomic E-state index is 12.1. The minimum absolute atomic E-state index is 0.129. The quantitative estimate of drug-likeness (QED) is 0.725. The number of esters is 1. The minimum atomic E-state index is -0.730. The number of ether oxygens (including phenoxy) is 2. The fraction of sp³-hybridized carbons (Fsp3) is 0.500. The molecule has 25 heavy (non-hydrogen) atoms. The van der Waals surface area contributed by atoms with Gasteiger partial charge in [0.25, 0.3) is 0 Å². The zero-order valence-electron chi connectivity index (χ0n) is 15.2. The Morgan fingerprint density at radius 1 is 1.16 bits per heavy atom. The molecule has 0 saturated heterocycles. The van der Waals surface area contributed by atoms with Crippen molar-refractivity contribution < 1.29 is 23.9 Å². The van der Waals surface area contributed by atoms with Crippen molar-refractivity contribution in [2.75, 3.05) is 20.7 Å². The predicted molar refractivity (Wildman–Crippen MR) is 92.7 cm³/mol. The first-order valence-electron chi connectivity index (χ1n) is 8.12. The first-order chi connectivity index (χ1) is 11.8. The lowest BCUT2D eigenvalue weighted by Crippen LogP contribution is -2.47. The SMILES string of the molecule is COC(=O)C(CC(C)C)NC(=O)CN(C)C(=O)OCc1ccccc1. The number of nitrogens with one attached hydrogen (secondary N) is 1. The van der Waals surface area contributed by atoms with Crippen LogP contribution in [0.15, 0.2) is 30.3 Å². The third kappa shape index (κ3) is 7.69. The summed E-state index contributed by atoms with van der Waals surface area (Å²) in [6.45, 7) is 3.80. The lowest BCUT2D eigenvalue weighted by atomic mass is 10.0. The van der Waals surface area contributed by atoms with Crippen LogP contribution in [-0.4, -0.2) is 49.6 Å². The first-order valence-corrected chi connectivity index (χ1v) is 8.12. The number of carbonyl (C=O) groups excluding carboxylic acids is 3. The van der Waals surface area contributed by atoms with Crippen LogP contribution < -0.4 is 5.32 Å². The molecule has 7 nitrogen and oxygen atoms in total. The zero-order chi connectivity index (χ0) is 18.8. The highest BCUT2D eigenvalue weighted by molar-refractivity contribution is 5.87. The molecule has 1 atom stereocenters. The number of likely N-dealkylation sites (N-methyl/N-ethyl adjacent to an activating group) is 1. The van der Waals surface area contributed by atoms with Crippen molar-refractivity contribution in [3.05, 3.63) is 35.9 Å². The molecule has 0 spiro atoms. The van der Waals surface area contributed by atoms with E-state index in [4.69, 9.17) is 9.47 Å². The van der Waals surface area contributed by atoms with Gasteiger partial charge < -0.3 is 19.7 Å². The number of carbonyl (C=O) groups is 3. The molecule has 0 saturated carbocycles. The molecule has 1 N–H and O–H groups in total. The summed E-state index contributed by atoms with van der Waals surface area (Å²) in [7, 11) is 2.73. The molecule has 7 heteroatoms. The van der Waals surface area contributed by atoms with Crippen LogP contribution in [0.3, 0.4) is 0 Å². The van der Waals surface area contributed by atoms with Gasteiger partial charge in [0.05, 0.1) is 7.11 Å². The number of hydrogen-bond acceptors (Lipinski definition) is 5. The Morgan fingerprint density at radius 2 is 1.80 bits per heavy atom. The number of hydrogen-bond donors (Lipinski definition) is 1. The molecule has 0 aromatic heterocycles. The number of nitrogens with zero attached hydrogens (tertiary/aromatic N) is 1. The molecule has 1 unspecified atom stereocenters. The van der Waals surface area contributed by atoms with Gasteiger partial charge in [-0.2, -0.15) is 0 Å². The van der Waals surface area contributed by atoms with Gasteiger partial charge in [0.15, 0.2) is 0 Å². The van der Waals surface area contributed by atoms with Gasteiger partial charge in [-0.25, -0.2) is 9.59 Å². The summed E-state index contributed by atoms with van der Waals surface area (Å²) in [5.74, 6) is -0.746. The summed E-state index contributed by atoms with van der Waals surface area (Å²) < 4.78 is 9.84. The Labute approximate surface area is 148 Å². The average molecular weight is 350 g/mol. The van der Waals surface area contributed by atoms with Gasteiger partial charge in [-0.1, -0.05) is 44.2 Å². The summed E-state index contributed by atoms with van der Waals surface area (Å²) in [5.41, 5.74) is 0.858.